The van der Waals surface area contributed by atoms with E-state index in [4.69, 9.17) is 16.6 Å². The summed E-state index contributed by atoms with van der Waals surface area (Å²) >= 11 is 7.98. The summed E-state index contributed by atoms with van der Waals surface area (Å²) < 4.78 is 2.16. The number of aromatic nitrogens is 3. The number of imidazole rings is 1. The lowest BCUT2D eigenvalue weighted by Crippen LogP contribution is -2.29. The molecule has 0 saturated carbocycles. The van der Waals surface area contributed by atoms with Gasteiger partial charge in [-0.05, 0) is 49.2 Å². The van der Waals surface area contributed by atoms with E-state index in [-0.39, 0.29) is 11.9 Å². The third kappa shape index (κ3) is 5.09. The van der Waals surface area contributed by atoms with Crippen LogP contribution in [0.1, 0.15) is 35.3 Å². The molecule has 158 valence electrons. The molecule has 0 unspecified atom stereocenters. The van der Waals surface area contributed by atoms with E-state index in [0.29, 0.717) is 12.1 Å². The standard InChI is InChI=1S/C24H23ClN4OS/c1-16(2)27-23(30)18-9-7-17(8-10-18)14-29-22-13-26-12-11-21(22)28-24(29)31-15-19-5-3-4-6-20(19)25/h3-13,16H,14-15H2,1-2H3,(H,27,30). The second kappa shape index (κ2) is 9.54. The number of hydrogen-bond donors (Lipinski definition) is 1. The zero-order chi connectivity index (χ0) is 21.8. The number of benzene rings is 2. The van der Waals surface area contributed by atoms with Crippen molar-refractivity contribution in [3.63, 3.8) is 0 Å². The molecule has 2 heterocycles. The predicted octanol–water partition coefficient (Wildman–Crippen LogP) is 5.56. The number of carbonyl (C=O) groups is 1. The Labute approximate surface area is 190 Å². The van der Waals surface area contributed by atoms with Crippen molar-refractivity contribution in [3.8, 4) is 0 Å². The van der Waals surface area contributed by atoms with Crippen LogP contribution < -0.4 is 5.32 Å². The normalized spacial score (nSPS) is 11.2. The average Bonchev–Trinajstić information content (AvgIpc) is 3.10. The minimum absolute atomic E-state index is 0.0604. The Balaban J connectivity index is 1.58. The number of fused-ring (bicyclic) bond motifs is 1. The highest BCUT2D eigenvalue weighted by molar-refractivity contribution is 7.98. The molecule has 2 aromatic heterocycles. The molecule has 4 rings (SSSR count). The van der Waals surface area contributed by atoms with Crippen molar-refractivity contribution >= 4 is 40.3 Å². The fourth-order valence-electron chi connectivity index (χ4n) is 3.26. The predicted molar refractivity (Wildman–Crippen MR) is 127 cm³/mol. The van der Waals surface area contributed by atoms with Gasteiger partial charge in [0.1, 0.15) is 0 Å². The highest BCUT2D eigenvalue weighted by Crippen LogP contribution is 2.29. The van der Waals surface area contributed by atoms with Crippen molar-refractivity contribution in [1.29, 1.82) is 0 Å². The SMILES string of the molecule is CC(C)NC(=O)c1ccc(Cn2c(SCc3ccccc3Cl)nc3ccncc32)cc1. The number of nitrogens with zero attached hydrogens (tertiary/aromatic N) is 3. The van der Waals surface area contributed by atoms with Gasteiger partial charge in [0, 0.05) is 28.6 Å². The molecule has 5 nitrogen and oxygen atoms in total. The van der Waals surface area contributed by atoms with Crippen LogP contribution in [0, 0.1) is 0 Å². The molecule has 4 aromatic rings. The molecule has 0 spiro atoms. The Morgan fingerprint density at radius 2 is 1.90 bits per heavy atom. The van der Waals surface area contributed by atoms with Crippen LogP contribution in [0.2, 0.25) is 5.02 Å². The number of rotatable bonds is 7. The van der Waals surface area contributed by atoms with E-state index >= 15 is 0 Å². The van der Waals surface area contributed by atoms with Crippen LogP contribution in [0.3, 0.4) is 0 Å². The number of halogens is 1. The van der Waals surface area contributed by atoms with Crippen LogP contribution >= 0.6 is 23.4 Å². The van der Waals surface area contributed by atoms with Gasteiger partial charge < -0.3 is 9.88 Å². The number of amides is 1. The number of thioether (sulfide) groups is 1. The smallest absolute Gasteiger partial charge is 0.251 e. The minimum atomic E-state index is -0.0604. The maximum Gasteiger partial charge on any atom is 0.251 e. The quantitative estimate of drug-likeness (QED) is 0.374. The Kier molecular flexibility index (Phi) is 6.59. The topological polar surface area (TPSA) is 59.8 Å². The summed E-state index contributed by atoms with van der Waals surface area (Å²) in [7, 11) is 0. The molecule has 0 atom stereocenters. The summed E-state index contributed by atoms with van der Waals surface area (Å²) in [5, 5.41) is 4.58. The summed E-state index contributed by atoms with van der Waals surface area (Å²) in [6.45, 7) is 4.54. The molecule has 0 aliphatic carbocycles. The first-order chi connectivity index (χ1) is 15.0. The second-order valence-electron chi connectivity index (χ2n) is 7.55. The summed E-state index contributed by atoms with van der Waals surface area (Å²) in [5.41, 5.74) is 4.70. The molecule has 1 N–H and O–H groups in total. The van der Waals surface area contributed by atoms with Crippen molar-refractivity contribution in [1.82, 2.24) is 19.9 Å². The second-order valence-corrected chi connectivity index (χ2v) is 8.90. The first-order valence-electron chi connectivity index (χ1n) is 10.1. The van der Waals surface area contributed by atoms with Gasteiger partial charge in [0.05, 0.1) is 23.8 Å². The number of carbonyl (C=O) groups excluding carboxylic acids is 1. The number of hydrogen-bond acceptors (Lipinski definition) is 4. The summed E-state index contributed by atoms with van der Waals surface area (Å²) in [4.78, 5) is 21.3. The van der Waals surface area contributed by atoms with E-state index < -0.39 is 0 Å². The van der Waals surface area contributed by atoms with Gasteiger partial charge in [-0.25, -0.2) is 4.98 Å². The van der Waals surface area contributed by atoms with Gasteiger partial charge in [0.25, 0.3) is 5.91 Å². The Hall–Kier alpha value is -2.83. The van der Waals surface area contributed by atoms with E-state index in [1.165, 1.54) is 0 Å². The molecule has 2 aromatic carbocycles. The largest absolute Gasteiger partial charge is 0.350 e. The average molecular weight is 451 g/mol. The molecular formula is C24H23ClN4OS. The van der Waals surface area contributed by atoms with Crippen molar-refractivity contribution in [2.24, 2.45) is 0 Å². The fourth-order valence-corrected chi connectivity index (χ4v) is 4.56. The summed E-state index contributed by atoms with van der Waals surface area (Å²) in [5.74, 6) is 0.667. The van der Waals surface area contributed by atoms with Crippen LogP contribution in [-0.2, 0) is 12.3 Å². The summed E-state index contributed by atoms with van der Waals surface area (Å²) in [6.07, 6.45) is 3.59. The van der Waals surface area contributed by atoms with Gasteiger partial charge in [-0.15, -0.1) is 0 Å². The number of pyridine rings is 1. The van der Waals surface area contributed by atoms with E-state index in [9.17, 15) is 4.79 Å². The fraction of sp³-hybridized carbons (Fsp3) is 0.208. The summed E-state index contributed by atoms with van der Waals surface area (Å²) in [6, 6.07) is 17.6. The molecule has 7 heteroatoms. The molecule has 0 aliphatic heterocycles. The van der Waals surface area contributed by atoms with Gasteiger partial charge in [-0.1, -0.05) is 53.7 Å². The van der Waals surface area contributed by atoms with Gasteiger partial charge in [-0.3, -0.25) is 9.78 Å². The lowest BCUT2D eigenvalue weighted by atomic mass is 10.1. The molecule has 0 fully saturated rings. The Bertz CT molecular complexity index is 1200. The molecule has 0 radical (unpaired) electrons. The molecule has 0 aliphatic rings. The molecule has 0 bridgehead atoms. The lowest BCUT2D eigenvalue weighted by molar-refractivity contribution is 0.0943. The van der Waals surface area contributed by atoms with Crippen LogP contribution in [0.15, 0.2) is 72.1 Å². The Morgan fingerprint density at radius 1 is 1.13 bits per heavy atom. The zero-order valence-corrected chi connectivity index (χ0v) is 19.0. The maximum absolute atomic E-state index is 12.2. The van der Waals surface area contributed by atoms with E-state index in [1.54, 1.807) is 18.0 Å². The van der Waals surface area contributed by atoms with Crippen LogP contribution in [0.5, 0.6) is 0 Å². The van der Waals surface area contributed by atoms with Crippen molar-refractivity contribution in [2.45, 2.75) is 37.3 Å². The minimum Gasteiger partial charge on any atom is -0.350 e. The first-order valence-corrected chi connectivity index (χ1v) is 11.4. The highest BCUT2D eigenvalue weighted by atomic mass is 35.5. The van der Waals surface area contributed by atoms with Crippen LogP contribution in [0.4, 0.5) is 0 Å². The van der Waals surface area contributed by atoms with Gasteiger partial charge >= 0.3 is 0 Å². The molecule has 0 saturated heterocycles. The van der Waals surface area contributed by atoms with Crippen LogP contribution in [-0.4, -0.2) is 26.5 Å². The molecular weight excluding hydrogens is 428 g/mol. The number of nitrogens with one attached hydrogen (secondary N) is 1. The molecule has 31 heavy (non-hydrogen) atoms. The maximum atomic E-state index is 12.2. The van der Waals surface area contributed by atoms with Crippen molar-refractivity contribution < 1.29 is 4.79 Å². The van der Waals surface area contributed by atoms with E-state index in [2.05, 4.69) is 14.9 Å². The van der Waals surface area contributed by atoms with Gasteiger partial charge in [-0.2, -0.15) is 0 Å². The zero-order valence-electron chi connectivity index (χ0n) is 17.4. The van der Waals surface area contributed by atoms with Gasteiger partial charge in [0.2, 0.25) is 0 Å². The van der Waals surface area contributed by atoms with Crippen molar-refractivity contribution in [3.05, 3.63) is 88.7 Å². The first kappa shape index (κ1) is 21.4. The van der Waals surface area contributed by atoms with E-state index in [0.717, 1.165) is 38.1 Å². The third-order valence-electron chi connectivity index (χ3n) is 4.81. The Morgan fingerprint density at radius 3 is 2.65 bits per heavy atom. The van der Waals surface area contributed by atoms with Gasteiger partial charge in [0.15, 0.2) is 5.16 Å². The monoisotopic (exact) mass is 450 g/mol. The highest BCUT2D eigenvalue weighted by Gasteiger charge is 2.14. The van der Waals surface area contributed by atoms with Crippen LogP contribution in [0.25, 0.3) is 11.0 Å². The third-order valence-corrected chi connectivity index (χ3v) is 6.20. The molecule has 1 amide bonds. The van der Waals surface area contributed by atoms with E-state index in [1.807, 2.05) is 74.6 Å². The lowest BCUT2D eigenvalue weighted by Gasteiger charge is -2.11. The van der Waals surface area contributed by atoms with Crippen molar-refractivity contribution in [2.75, 3.05) is 0 Å².